The average Bonchev–Trinajstić information content (AvgIpc) is 3.12. The molecule has 3 aromatic rings. The Morgan fingerprint density at radius 3 is 2.73 bits per heavy atom. The molecule has 4 N–H and O–H groups in total. The van der Waals surface area contributed by atoms with E-state index in [1.165, 1.54) is 13.0 Å². The zero-order chi connectivity index (χ0) is 35.7. The van der Waals surface area contributed by atoms with Crippen LogP contribution >= 0.6 is 21.6 Å². The quantitative estimate of drug-likeness (QED) is 0.0940. The molecule has 12 heteroatoms. The number of ether oxygens (including phenoxy) is 4. The number of nitrogens with zero attached hydrogens (tertiary/aromatic N) is 1. The summed E-state index contributed by atoms with van der Waals surface area (Å²) in [6, 6.07) is 12.6. The Kier molecular flexibility index (Phi) is 13.2. The lowest BCUT2D eigenvalue weighted by Gasteiger charge is -2.39. The number of carbonyl (C=O) groups is 1. The second-order valence-corrected chi connectivity index (χ2v) is 16.6. The minimum absolute atomic E-state index is 0.000264. The van der Waals surface area contributed by atoms with E-state index in [0.29, 0.717) is 48.2 Å². The number of phenolic OH excluding ortho intramolecular Hbond substituents is 3. The van der Waals surface area contributed by atoms with Crippen LogP contribution in [0.15, 0.2) is 54.9 Å². The maximum absolute atomic E-state index is 12.3. The highest BCUT2D eigenvalue weighted by Gasteiger charge is 2.38. The van der Waals surface area contributed by atoms with Gasteiger partial charge in [0.25, 0.3) is 0 Å². The zero-order valence-corrected chi connectivity index (χ0v) is 30.7. The summed E-state index contributed by atoms with van der Waals surface area (Å²) in [4.78, 5) is 16.4. The fourth-order valence-electron chi connectivity index (χ4n) is 7.55. The molecule has 4 bridgehead atoms. The highest BCUT2D eigenvalue weighted by Crippen LogP contribution is 2.47. The highest BCUT2D eigenvalue weighted by molar-refractivity contribution is 8.76. The SMILES string of the molecule is CC(=O)OC1CC(c2cc(O)c(O)c(OCCc3cccnc3)c2)OC(C2CSSC(CCCO)C3CCCC(C3)Oc3cc(ccc3O)C2)C1. The maximum atomic E-state index is 12.3. The number of phenols is 3. The van der Waals surface area contributed by atoms with Gasteiger partial charge in [-0.2, -0.15) is 0 Å². The standard InChI is InChI=1S/C39H49NO9S2/c1-24(42)47-31-20-34(28-18-33(44)39(45)37(19-28)46-14-11-25-5-3-12-40-22-25)49-35(21-31)29-15-26-9-10-32(43)36(16-26)48-30-7-2-6-27(17-30)38(8-4-13-41)51-50-23-29/h3,5,9-10,12,16,18-19,22,27,29-31,34-35,38,41,43-45H,2,4,6-8,11,13-15,17,20-21,23H2,1H3. The lowest BCUT2D eigenvalue weighted by atomic mass is 9.83. The van der Waals surface area contributed by atoms with Crippen molar-refractivity contribution in [2.45, 2.75) is 101 Å². The summed E-state index contributed by atoms with van der Waals surface area (Å²) in [5, 5.41) is 42.3. The van der Waals surface area contributed by atoms with Crippen molar-refractivity contribution in [1.29, 1.82) is 0 Å². The van der Waals surface area contributed by atoms with Gasteiger partial charge < -0.3 is 39.4 Å². The van der Waals surface area contributed by atoms with Gasteiger partial charge in [0, 0.05) is 56.2 Å². The summed E-state index contributed by atoms with van der Waals surface area (Å²) >= 11 is 0. The van der Waals surface area contributed by atoms with E-state index < -0.39 is 12.2 Å². The van der Waals surface area contributed by atoms with Gasteiger partial charge in [-0.05, 0) is 104 Å². The maximum Gasteiger partial charge on any atom is 0.302 e. The molecule has 1 aliphatic carbocycles. The number of carbonyl (C=O) groups excluding carboxylic acids is 1. The second kappa shape index (κ2) is 17.9. The van der Waals surface area contributed by atoms with E-state index in [9.17, 15) is 25.2 Å². The van der Waals surface area contributed by atoms with Crippen molar-refractivity contribution in [3.05, 3.63) is 71.5 Å². The Balaban J connectivity index is 1.26. The summed E-state index contributed by atoms with van der Waals surface area (Å²) in [5.41, 5.74) is 2.62. The highest BCUT2D eigenvalue weighted by atomic mass is 33.1. The molecule has 7 atom stereocenters. The largest absolute Gasteiger partial charge is 0.504 e. The topological polar surface area (TPSA) is 148 Å². The summed E-state index contributed by atoms with van der Waals surface area (Å²) in [6.07, 6.45) is 10.0. The molecule has 0 amide bonds. The molecule has 3 heterocycles. The van der Waals surface area contributed by atoms with Gasteiger partial charge in [-0.25, -0.2) is 0 Å². The first-order chi connectivity index (χ1) is 24.7. The molecule has 1 saturated carbocycles. The summed E-state index contributed by atoms with van der Waals surface area (Å²) in [6.45, 7) is 1.84. The molecule has 0 spiro atoms. The van der Waals surface area contributed by atoms with Gasteiger partial charge in [-0.15, -0.1) is 0 Å². The monoisotopic (exact) mass is 739 g/mol. The molecule has 2 aromatic carbocycles. The lowest BCUT2D eigenvalue weighted by molar-refractivity contribution is -0.163. The van der Waals surface area contributed by atoms with Crippen LogP contribution in [0, 0.1) is 11.8 Å². The zero-order valence-electron chi connectivity index (χ0n) is 29.0. The summed E-state index contributed by atoms with van der Waals surface area (Å²) in [7, 11) is 3.73. The van der Waals surface area contributed by atoms with Crippen LogP contribution in [0.1, 0.15) is 81.1 Å². The van der Waals surface area contributed by atoms with Crippen LogP contribution in [0.5, 0.6) is 28.7 Å². The predicted octanol–water partition coefficient (Wildman–Crippen LogP) is 7.30. The first-order valence-corrected chi connectivity index (χ1v) is 20.4. The molecule has 276 valence electrons. The smallest absolute Gasteiger partial charge is 0.302 e. The van der Waals surface area contributed by atoms with E-state index >= 15 is 0 Å². The number of hydrogen-bond acceptors (Lipinski definition) is 12. The fourth-order valence-corrected chi connectivity index (χ4v) is 11.0. The Morgan fingerprint density at radius 1 is 1.04 bits per heavy atom. The number of aromatic hydroxyl groups is 3. The number of hydrogen-bond donors (Lipinski definition) is 4. The molecule has 2 aliphatic heterocycles. The molecule has 2 fully saturated rings. The van der Waals surface area contributed by atoms with Crippen molar-refractivity contribution in [3.8, 4) is 28.7 Å². The van der Waals surface area contributed by atoms with Gasteiger partial charge in [-0.1, -0.05) is 33.7 Å². The van der Waals surface area contributed by atoms with Crippen molar-refractivity contribution in [2.24, 2.45) is 11.8 Å². The van der Waals surface area contributed by atoms with E-state index in [1.807, 2.05) is 45.9 Å². The molecular weight excluding hydrogens is 691 g/mol. The van der Waals surface area contributed by atoms with Crippen LogP contribution in [0.2, 0.25) is 0 Å². The van der Waals surface area contributed by atoms with Crippen LogP contribution in [-0.2, 0) is 27.1 Å². The molecular formula is C39H49NO9S2. The van der Waals surface area contributed by atoms with Gasteiger partial charge in [0.15, 0.2) is 23.0 Å². The van der Waals surface area contributed by atoms with Crippen molar-refractivity contribution in [2.75, 3.05) is 19.0 Å². The van der Waals surface area contributed by atoms with E-state index in [0.717, 1.165) is 55.4 Å². The molecule has 1 saturated heterocycles. The lowest BCUT2D eigenvalue weighted by Crippen LogP contribution is -2.39. The van der Waals surface area contributed by atoms with Gasteiger partial charge >= 0.3 is 5.97 Å². The fraction of sp³-hybridized carbons (Fsp3) is 0.538. The number of benzene rings is 2. The van der Waals surface area contributed by atoms with Crippen LogP contribution in [0.4, 0.5) is 0 Å². The van der Waals surface area contributed by atoms with E-state index in [4.69, 9.17) is 18.9 Å². The van der Waals surface area contributed by atoms with Crippen LogP contribution in [0.3, 0.4) is 0 Å². The Labute approximate surface area is 307 Å². The van der Waals surface area contributed by atoms with Gasteiger partial charge in [-0.3, -0.25) is 9.78 Å². The van der Waals surface area contributed by atoms with Crippen molar-refractivity contribution in [3.63, 3.8) is 0 Å². The third-order valence-electron chi connectivity index (χ3n) is 10.1. The Morgan fingerprint density at radius 2 is 1.92 bits per heavy atom. The second-order valence-electron chi connectivity index (χ2n) is 13.9. The molecule has 0 radical (unpaired) electrons. The average molecular weight is 740 g/mol. The first kappa shape index (κ1) is 37.4. The van der Waals surface area contributed by atoms with Gasteiger partial charge in [0.2, 0.25) is 5.75 Å². The predicted molar refractivity (Wildman–Crippen MR) is 197 cm³/mol. The summed E-state index contributed by atoms with van der Waals surface area (Å²) < 4.78 is 25.1. The third kappa shape index (κ3) is 10.2. The normalized spacial score (nSPS) is 26.8. The first-order valence-electron chi connectivity index (χ1n) is 18.0. The minimum Gasteiger partial charge on any atom is -0.504 e. The number of rotatable bonds is 10. The van der Waals surface area contributed by atoms with Gasteiger partial charge in [0.1, 0.15) is 6.10 Å². The van der Waals surface area contributed by atoms with E-state index in [-0.39, 0.29) is 60.3 Å². The summed E-state index contributed by atoms with van der Waals surface area (Å²) in [5.74, 6) is 0.956. The number of esters is 1. The van der Waals surface area contributed by atoms with E-state index in [1.54, 1.807) is 24.5 Å². The molecule has 1 aromatic heterocycles. The Bertz CT molecular complexity index is 1590. The molecule has 51 heavy (non-hydrogen) atoms. The van der Waals surface area contributed by atoms with Crippen LogP contribution < -0.4 is 9.47 Å². The molecule has 7 unspecified atom stereocenters. The van der Waals surface area contributed by atoms with Crippen molar-refractivity contribution >= 4 is 27.6 Å². The molecule has 3 aliphatic rings. The number of aliphatic hydroxyl groups is 1. The van der Waals surface area contributed by atoms with Crippen LogP contribution in [-0.4, -0.2) is 73.9 Å². The minimum atomic E-state index is -0.544. The third-order valence-corrected chi connectivity index (χ3v) is 13.2. The number of fused-ring (bicyclic) bond motifs is 4. The van der Waals surface area contributed by atoms with Crippen molar-refractivity contribution in [1.82, 2.24) is 4.98 Å². The number of aliphatic hydroxyl groups excluding tert-OH is 1. The number of pyridine rings is 1. The molecule has 6 rings (SSSR count). The Hall–Kier alpha value is -3.32. The molecule has 10 nitrogen and oxygen atoms in total. The van der Waals surface area contributed by atoms with Gasteiger partial charge in [0.05, 0.1) is 24.9 Å². The number of aromatic nitrogens is 1. The van der Waals surface area contributed by atoms with Crippen LogP contribution in [0.25, 0.3) is 0 Å². The van der Waals surface area contributed by atoms with Crippen molar-refractivity contribution < 1.29 is 44.2 Å². The van der Waals surface area contributed by atoms with E-state index in [2.05, 4.69) is 4.98 Å².